The number of nitrogens with zero attached hydrogens (tertiary/aromatic N) is 2. The van der Waals surface area contributed by atoms with Gasteiger partial charge in [0.2, 0.25) is 0 Å². The maximum Gasteiger partial charge on any atom is 0.00444 e. The van der Waals surface area contributed by atoms with Gasteiger partial charge in [0.05, 0.1) is 0 Å². The molecule has 1 heterocycles. The lowest BCUT2D eigenvalue weighted by molar-refractivity contribution is 0.133. The molecule has 3 heteroatoms. The smallest absolute Gasteiger partial charge is 0.00444 e. The van der Waals surface area contributed by atoms with Gasteiger partial charge < -0.3 is 15.1 Å². The maximum absolute atomic E-state index is 3.61. The number of likely N-dealkylation sites (tertiary alicyclic amines) is 1. The van der Waals surface area contributed by atoms with Crippen LogP contribution in [-0.2, 0) is 0 Å². The largest absolute Gasteiger partial charge is 0.316 e. The highest BCUT2D eigenvalue weighted by Gasteiger charge is 2.25. The van der Waals surface area contributed by atoms with E-state index in [2.05, 4.69) is 50.0 Å². The summed E-state index contributed by atoms with van der Waals surface area (Å²) in [6, 6.07) is 0. The predicted molar refractivity (Wildman–Crippen MR) is 89.3 cm³/mol. The second-order valence-corrected chi connectivity index (χ2v) is 7.28. The van der Waals surface area contributed by atoms with E-state index >= 15 is 0 Å². The molecule has 1 aliphatic rings. The highest BCUT2D eigenvalue weighted by molar-refractivity contribution is 4.80. The number of piperidine rings is 1. The average molecular weight is 284 g/mol. The van der Waals surface area contributed by atoms with Crippen LogP contribution in [0.15, 0.2) is 0 Å². The van der Waals surface area contributed by atoms with E-state index in [-0.39, 0.29) is 0 Å². The lowest BCUT2D eigenvalue weighted by Crippen LogP contribution is -2.43. The first-order chi connectivity index (χ1) is 9.49. The molecule has 20 heavy (non-hydrogen) atoms. The van der Waals surface area contributed by atoms with E-state index in [0.29, 0.717) is 5.41 Å². The van der Waals surface area contributed by atoms with Crippen LogP contribution in [0, 0.1) is 11.3 Å². The summed E-state index contributed by atoms with van der Waals surface area (Å²) in [6.07, 6.45) is 5.22. The monoisotopic (exact) mass is 283 g/mol. The summed E-state index contributed by atoms with van der Waals surface area (Å²) in [6.45, 7) is 14.3. The van der Waals surface area contributed by atoms with Crippen molar-refractivity contribution in [3.63, 3.8) is 0 Å². The van der Waals surface area contributed by atoms with Crippen molar-refractivity contribution in [2.24, 2.45) is 11.3 Å². The van der Waals surface area contributed by atoms with Crippen LogP contribution >= 0.6 is 0 Å². The Balaban J connectivity index is 2.32. The molecular weight excluding hydrogens is 246 g/mol. The molecule has 1 unspecified atom stereocenters. The Morgan fingerprint density at radius 3 is 2.45 bits per heavy atom. The Kier molecular flexibility index (Phi) is 8.08. The van der Waals surface area contributed by atoms with E-state index in [1.807, 2.05) is 0 Å². The molecular formula is C17H37N3. The number of hydrogen-bond donors (Lipinski definition) is 1. The Bertz CT molecular complexity index is 249. The van der Waals surface area contributed by atoms with Crippen LogP contribution in [0.2, 0.25) is 0 Å². The van der Waals surface area contributed by atoms with Crippen molar-refractivity contribution >= 4 is 0 Å². The molecule has 0 aliphatic carbocycles. The zero-order valence-corrected chi connectivity index (χ0v) is 14.5. The Labute approximate surface area is 127 Å². The highest BCUT2D eigenvalue weighted by Crippen LogP contribution is 2.23. The van der Waals surface area contributed by atoms with Gasteiger partial charge in [0.15, 0.2) is 0 Å². The molecule has 0 spiro atoms. The van der Waals surface area contributed by atoms with E-state index in [4.69, 9.17) is 0 Å². The van der Waals surface area contributed by atoms with Crippen molar-refractivity contribution in [3.05, 3.63) is 0 Å². The molecule has 0 amide bonds. The first kappa shape index (κ1) is 17.9. The van der Waals surface area contributed by atoms with E-state index in [1.165, 1.54) is 51.9 Å². The van der Waals surface area contributed by atoms with Crippen LogP contribution < -0.4 is 5.32 Å². The van der Waals surface area contributed by atoms with Crippen molar-refractivity contribution in [2.75, 3.05) is 53.4 Å². The Hall–Kier alpha value is -0.120. The van der Waals surface area contributed by atoms with E-state index < -0.39 is 0 Å². The molecule has 1 atom stereocenters. The molecule has 1 saturated heterocycles. The molecule has 1 N–H and O–H groups in total. The summed E-state index contributed by atoms with van der Waals surface area (Å²) in [5.41, 5.74) is 0.412. The summed E-state index contributed by atoms with van der Waals surface area (Å²) in [4.78, 5) is 5.04. The summed E-state index contributed by atoms with van der Waals surface area (Å²) < 4.78 is 0. The first-order valence-electron chi connectivity index (χ1n) is 8.57. The van der Waals surface area contributed by atoms with Crippen LogP contribution in [0.4, 0.5) is 0 Å². The fourth-order valence-corrected chi connectivity index (χ4v) is 3.26. The molecule has 1 rings (SSSR count). The van der Waals surface area contributed by atoms with Gasteiger partial charge in [-0.05, 0) is 70.7 Å². The molecule has 1 aliphatic heterocycles. The molecule has 0 aromatic carbocycles. The quantitative estimate of drug-likeness (QED) is 0.656. The molecule has 0 bridgehead atoms. The molecule has 0 saturated carbocycles. The fraction of sp³-hybridized carbons (Fsp3) is 1.00. The van der Waals surface area contributed by atoms with Gasteiger partial charge >= 0.3 is 0 Å². The number of nitrogens with one attached hydrogen (secondary N) is 1. The normalized spacial score (nSPS) is 21.3. The van der Waals surface area contributed by atoms with E-state index in [1.54, 1.807) is 0 Å². The summed E-state index contributed by atoms with van der Waals surface area (Å²) in [5, 5.41) is 3.61. The van der Waals surface area contributed by atoms with E-state index in [9.17, 15) is 0 Å². The lowest BCUT2D eigenvalue weighted by Gasteiger charge is -2.36. The summed E-state index contributed by atoms with van der Waals surface area (Å²) in [5.74, 6) is 0.904. The van der Waals surface area contributed by atoms with Gasteiger partial charge in [-0.2, -0.15) is 0 Å². The average Bonchev–Trinajstić information content (AvgIpc) is 2.41. The van der Waals surface area contributed by atoms with Crippen LogP contribution in [0.3, 0.4) is 0 Å². The molecule has 0 aromatic heterocycles. The SMILES string of the molecule is CCCNCC(C)(CC)CN(C)CC1CCN(C)CC1. The zero-order valence-electron chi connectivity index (χ0n) is 14.5. The van der Waals surface area contributed by atoms with Crippen molar-refractivity contribution in [1.82, 2.24) is 15.1 Å². The third-order valence-corrected chi connectivity index (χ3v) is 4.89. The minimum absolute atomic E-state index is 0.412. The standard InChI is InChI=1S/C17H37N3/c1-6-10-18-14-17(3,7-2)15-20(5)13-16-8-11-19(4)12-9-16/h16,18H,6-15H2,1-5H3. The maximum atomic E-state index is 3.61. The van der Waals surface area contributed by atoms with Crippen molar-refractivity contribution < 1.29 is 0 Å². The van der Waals surface area contributed by atoms with Crippen LogP contribution in [0.5, 0.6) is 0 Å². The van der Waals surface area contributed by atoms with Crippen LogP contribution in [0.25, 0.3) is 0 Å². The Morgan fingerprint density at radius 1 is 1.25 bits per heavy atom. The van der Waals surface area contributed by atoms with E-state index in [0.717, 1.165) is 19.0 Å². The van der Waals surface area contributed by atoms with Crippen LogP contribution in [0.1, 0.15) is 46.5 Å². The minimum atomic E-state index is 0.412. The zero-order chi connectivity index (χ0) is 15.0. The van der Waals surface area contributed by atoms with Gasteiger partial charge in [-0.1, -0.05) is 20.8 Å². The van der Waals surface area contributed by atoms with Gasteiger partial charge in [0, 0.05) is 19.6 Å². The van der Waals surface area contributed by atoms with Gasteiger partial charge in [-0.3, -0.25) is 0 Å². The summed E-state index contributed by atoms with van der Waals surface area (Å²) in [7, 11) is 4.56. The molecule has 1 fully saturated rings. The molecule has 120 valence electrons. The third-order valence-electron chi connectivity index (χ3n) is 4.89. The second kappa shape index (κ2) is 9.01. The molecule has 0 aromatic rings. The highest BCUT2D eigenvalue weighted by atomic mass is 15.1. The van der Waals surface area contributed by atoms with Crippen molar-refractivity contribution in [1.29, 1.82) is 0 Å². The number of hydrogen-bond acceptors (Lipinski definition) is 3. The number of rotatable bonds is 9. The van der Waals surface area contributed by atoms with Gasteiger partial charge in [-0.15, -0.1) is 0 Å². The first-order valence-corrected chi connectivity index (χ1v) is 8.57. The topological polar surface area (TPSA) is 18.5 Å². The lowest BCUT2D eigenvalue weighted by atomic mass is 9.86. The second-order valence-electron chi connectivity index (χ2n) is 7.28. The molecule has 0 radical (unpaired) electrons. The van der Waals surface area contributed by atoms with Crippen molar-refractivity contribution in [3.8, 4) is 0 Å². The van der Waals surface area contributed by atoms with Gasteiger partial charge in [0.25, 0.3) is 0 Å². The van der Waals surface area contributed by atoms with Crippen molar-refractivity contribution in [2.45, 2.75) is 46.5 Å². The van der Waals surface area contributed by atoms with Gasteiger partial charge in [0.1, 0.15) is 0 Å². The van der Waals surface area contributed by atoms with Gasteiger partial charge in [-0.25, -0.2) is 0 Å². The third kappa shape index (κ3) is 6.55. The fourth-order valence-electron chi connectivity index (χ4n) is 3.26. The minimum Gasteiger partial charge on any atom is -0.316 e. The molecule has 3 nitrogen and oxygen atoms in total. The summed E-state index contributed by atoms with van der Waals surface area (Å²) >= 11 is 0. The van der Waals surface area contributed by atoms with Crippen LogP contribution in [-0.4, -0.2) is 63.2 Å². The Morgan fingerprint density at radius 2 is 1.90 bits per heavy atom. The predicted octanol–water partition coefficient (Wildman–Crippen LogP) is 2.68.